The predicted molar refractivity (Wildman–Crippen MR) is 82.9 cm³/mol. The summed E-state index contributed by atoms with van der Waals surface area (Å²) in [6.45, 7) is 7.17. The lowest BCUT2D eigenvalue weighted by molar-refractivity contribution is 0.244. The molecule has 102 valence electrons. The van der Waals surface area contributed by atoms with Gasteiger partial charge in [-0.2, -0.15) is 0 Å². The van der Waals surface area contributed by atoms with Crippen molar-refractivity contribution in [2.24, 2.45) is 0 Å². The molecular formula is C16H22O2Si. The molecular weight excluding hydrogens is 252 g/mol. The first-order valence-electron chi connectivity index (χ1n) is 6.93. The third-order valence-corrected chi connectivity index (χ3v) is 4.66. The monoisotopic (exact) mass is 274 g/mol. The van der Waals surface area contributed by atoms with E-state index in [-0.39, 0.29) is 0 Å². The van der Waals surface area contributed by atoms with E-state index in [1.165, 1.54) is 5.39 Å². The van der Waals surface area contributed by atoms with Crippen molar-refractivity contribution in [3.8, 4) is 5.75 Å². The molecule has 0 heterocycles. The van der Waals surface area contributed by atoms with Gasteiger partial charge in [-0.25, -0.2) is 0 Å². The summed E-state index contributed by atoms with van der Waals surface area (Å²) in [6, 6.07) is 14.5. The van der Waals surface area contributed by atoms with E-state index >= 15 is 0 Å². The van der Waals surface area contributed by atoms with Crippen molar-refractivity contribution in [2.45, 2.75) is 32.9 Å². The summed E-state index contributed by atoms with van der Waals surface area (Å²) in [5.41, 5.74) is 0. The maximum atomic E-state index is 6.18. The van der Waals surface area contributed by atoms with Crippen LogP contribution in [0.25, 0.3) is 10.8 Å². The Balaban J connectivity index is 2.16. The molecule has 0 saturated heterocycles. The molecule has 0 radical (unpaired) electrons. The Morgan fingerprint density at radius 2 is 1.74 bits per heavy atom. The summed E-state index contributed by atoms with van der Waals surface area (Å²) in [6.07, 6.45) is 2.24. The van der Waals surface area contributed by atoms with Crippen molar-refractivity contribution < 1.29 is 8.85 Å². The minimum absolute atomic E-state index is 0.792. The third-order valence-electron chi connectivity index (χ3n) is 3.05. The fourth-order valence-corrected chi connectivity index (χ4v) is 3.44. The first-order valence-corrected chi connectivity index (χ1v) is 9.75. The quantitative estimate of drug-likeness (QED) is 0.559. The van der Waals surface area contributed by atoms with Gasteiger partial charge in [0, 0.05) is 12.0 Å². The van der Waals surface area contributed by atoms with Gasteiger partial charge < -0.3 is 8.85 Å². The Morgan fingerprint density at radius 1 is 1.00 bits per heavy atom. The first kappa shape index (κ1) is 14.1. The Labute approximate surface area is 116 Å². The minimum atomic E-state index is -2.10. The van der Waals surface area contributed by atoms with Gasteiger partial charge in [-0.3, -0.25) is 0 Å². The van der Waals surface area contributed by atoms with Crippen LogP contribution in [0, 0.1) is 0 Å². The zero-order valence-corrected chi connectivity index (χ0v) is 13.0. The molecule has 0 unspecified atom stereocenters. The molecule has 0 amide bonds. The summed E-state index contributed by atoms with van der Waals surface area (Å²) in [5.74, 6) is 0.936. The molecule has 0 aliphatic rings. The lowest BCUT2D eigenvalue weighted by Gasteiger charge is -2.24. The van der Waals surface area contributed by atoms with Gasteiger partial charge in [0.15, 0.2) is 0 Å². The molecule has 0 spiro atoms. The highest BCUT2D eigenvalue weighted by Gasteiger charge is 2.27. The van der Waals surface area contributed by atoms with E-state index in [9.17, 15) is 0 Å². The van der Waals surface area contributed by atoms with Gasteiger partial charge in [0.25, 0.3) is 0 Å². The Bertz CT molecular complexity index is 532. The lowest BCUT2D eigenvalue weighted by Crippen LogP contribution is -2.38. The van der Waals surface area contributed by atoms with Gasteiger partial charge in [0.2, 0.25) is 0 Å². The van der Waals surface area contributed by atoms with Crippen molar-refractivity contribution in [3.63, 3.8) is 0 Å². The summed E-state index contributed by atoms with van der Waals surface area (Å²) in [5, 5.41) is 2.36. The standard InChI is InChI=1S/C16H22O2Si/c1-4-5-13-17-19(2,3)18-16-12-8-10-14-9-6-7-11-15(14)16/h6-12H,4-5,13H2,1-3H3. The van der Waals surface area contributed by atoms with E-state index in [1.54, 1.807) is 0 Å². The zero-order chi connectivity index (χ0) is 13.7. The van der Waals surface area contributed by atoms with Gasteiger partial charge in [-0.05, 0) is 31.0 Å². The average molecular weight is 274 g/mol. The van der Waals surface area contributed by atoms with Crippen LogP contribution in [0.2, 0.25) is 13.1 Å². The molecule has 2 nitrogen and oxygen atoms in total. The summed E-state index contributed by atoms with van der Waals surface area (Å²) in [4.78, 5) is 0. The number of rotatable bonds is 6. The molecule has 0 N–H and O–H groups in total. The third kappa shape index (κ3) is 3.82. The molecule has 0 aliphatic carbocycles. The molecule has 2 aromatic rings. The maximum Gasteiger partial charge on any atom is 0.392 e. The number of benzene rings is 2. The second-order valence-electron chi connectivity index (χ2n) is 5.18. The highest BCUT2D eigenvalue weighted by atomic mass is 28.4. The maximum absolute atomic E-state index is 6.18. The Kier molecular flexibility index (Phi) is 4.61. The highest BCUT2D eigenvalue weighted by molar-refractivity contribution is 6.65. The summed E-state index contributed by atoms with van der Waals surface area (Å²) in [7, 11) is -2.10. The summed E-state index contributed by atoms with van der Waals surface area (Å²) >= 11 is 0. The van der Waals surface area contributed by atoms with Crippen LogP contribution in [0.1, 0.15) is 19.8 Å². The van der Waals surface area contributed by atoms with Crippen LogP contribution < -0.4 is 4.43 Å². The van der Waals surface area contributed by atoms with E-state index < -0.39 is 8.56 Å². The van der Waals surface area contributed by atoms with Crippen molar-refractivity contribution >= 4 is 19.3 Å². The molecule has 0 saturated carbocycles. The largest absolute Gasteiger partial charge is 0.520 e. The normalized spacial score (nSPS) is 11.7. The van der Waals surface area contributed by atoms with Crippen molar-refractivity contribution in [2.75, 3.05) is 6.61 Å². The fraction of sp³-hybridized carbons (Fsp3) is 0.375. The average Bonchev–Trinajstić information content (AvgIpc) is 2.39. The number of hydrogen-bond acceptors (Lipinski definition) is 2. The van der Waals surface area contributed by atoms with E-state index in [4.69, 9.17) is 8.85 Å². The van der Waals surface area contributed by atoms with Crippen LogP contribution in [0.4, 0.5) is 0 Å². The van der Waals surface area contributed by atoms with Crippen LogP contribution in [-0.4, -0.2) is 15.2 Å². The zero-order valence-electron chi connectivity index (χ0n) is 12.0. The second-order valence-corrected chi connectivity index (χ2v) is 8.47. The predicted octanol–water partition coefficient (Wildman–Crippen LogP) is 4.74. The molecule has 2 rings (SSSR count). The van der Waals surface area contributed by atoms with E-state index in [0.29, 0.717) is 0 Å². The van der Waals surface area contributed by atoms with Crippen molar-refractivity contribution in [3.05, 3.63) is 42.5 Å². The van der Waals surface area contributed by atoms with Crippen LogP contribution in [0.5, 0.6) is 5.75 Å². The van der Waals surface area contributed by atoms with Crippen LogP contribution >= 0.6 is 0 Å². The van der Waals surface area contributed by atoms with E-state index in [1.807, 2.05) is 24.3 Å². The molecule has 19 heavy (non-hydrogen) atoms. The topological polar surface area (TPSA) is 18.5 Å². The number of hydrogen-bond donors (Lipinski definition) is 0. The van der Waals surface area contributed by atoms with E-state index in [2.05, 4.69) is 38.2 Å². The van der Waals surface area contributed by atoms with Crippen LogP contribution in [0.3, 0.4) is 0 Å². The van der Waals surface area contributed by atoms with E-state index in [0.717, 1.165) is 30.6 Å². The first-order chi connectivity index (χ1) is 9.12. The molecule has 0 aromatic heterocycles. The molecule has 0 fully saturated rings. The molecule has 3 heteroatoms. The SMILES string of the molecule is CCCCO[Si](C)(C)Oc1cccc2ccccc12. The molecule has 0 bridgehead atoms. The van der Waals surface area contributed by atoms with Gasteiger partial charge in [-0.1, -0.05) is 49.7 Å². The van der Waals surface area contributed by atoms with Gasteiger partial charge in [-0.15, -0.1) is 0 Å². The second kappa shape index (κ2) is 6.22. The lowest BCUT2D eigenvalue weighted by atomic mass is 10.1. The summed E-state index contributed by atoms with van der Waals surface area (Å²) < 4.78 is 12.1. The van der Waals surface area contributed by atoms with Crippen LogP contribution in [0.15, 0.2) is 42.5 Å². The smallest absolute Gasteiger partial charge is 0.392 e. The molecule has 2 aromatic carbocycles. The van der Waals surface area contributed by atoms with Gasteiger partial charge >= 0.3 is 8.56 Å². The van der Waals surface area contributed by atoms with Crippen LogP contribution in [-0.2, 0) is 4.43 Å². The fourth-order valence-electron chi connectivity index (χ4n) is 2.04. The number of fused-ring (bicyclic) bond motifs is 1. The minimum Gasteiger partial charge on any atom is -0.520 e. The van der Waals surface area contributed by atoms with Crippen molar-refractivity contribution in [1.29, 1.82) is 0 Å². The van der Waals surface area contributed by atoms with Gasteiger partial charge in [0.05, 0.1) is 0 Å². The highest BCUT2D eigenvalue weighted by Crippen LogP contribution is 2.27. The Hall–Kier alpha value is -1.32. The van der Waals surface area contributed by atoms with Gasteiger partial charge in [0.1, 0.15) is 5.75 Å². The van der Waals surface area contributed by atoms with Crippen molar-refractivity contribution in [1.82, 2.24) is 0 Å². The molecule has 0 aliphatic heterocycles. The number of unbranched alkanes of at least 4 members (excludes halogenated alkanes) is 1. The molecule has 0 atom stereocenters. The Morgan fingerprint density at radius 3 is 2.53 bits per heavy atom.